The van der Waals surface area contributed by atoms with Crippen LogP contribution in [0.25, 0.3) is 0 Å². The second kappa shape index (κ2) is 6.38. The number of hydrogen-bond acceptors (Lipinski definition) is 3. The molecule has 0 radical (unpaired) electrons. The fourth-order valence-corrected chi connectivity index (χ4v) is 4.06. The summed E-state index contributed by atoms with van der Waals surface area (Å²) in [5.41, 5.74) is 1.15. The van der Waals surface area contributed by atoms with Crippen molar-refractivity contribution in [1.29, 1.82) is 0 Å². The van der Waals surface area contributed by atoms with Gasteiger partial charge in [0.1, 0.15) is 5.75 Å². The Morgan fingerprint density at radius 2 is 2.00 bits per heavy atom. The van der Waals surface area contributed by atoms with Gasteiger partial charge in [0.2, 0.25) is 0 Å². The maximum atomic E-state index is 6.92. The van der Waals surface area contributed by atoms with Gasteiger partial charge in [-0.05, 0) is 36.5 Å². The zero-order valence-corrected chi connectivity index (χ0v) is 14.3. The summed E-state index contributed by atoms with van der Waals surface area (Å²) in [5, 5.41) is 0. The molecule has 3 nitrogen and oxygen atoms in total. The Morgan fingerprint density at radius 1 is 1.27 bits per heavy atom. The maximum Gasteiger partial charge on any atom is 0.118 e. The molecule has 1 aromatic rings. The SMILES string of the molecule is COc1ccc([C@@H]2OC[C@]3(Cl)C[C@@H](CC(C)C)OC[C@H]23)cc1. The molecule has 0 N–H and O–H groups in total. The van der Waals surface area contributed by atoms with Gasteiger partial charge in [-0.3, -0.25) is 0 Å². The van der Waals surface area contributed by atoms with E-state index in [0.29, 0.717) is 19.1 Å². The highest BCUT2D eigenvalue weighted by atomic mass is 35.5. The molecule has 2 aliphatic heterocycles. The largest absolute Gasteiger partial charge is 0.497 e. The van der Waals surface area contributed by atoms with Crippen molar-refractivity contribution in [1.82, 2.24) is 0 Å². The van der Waals surface area contributed by atoms with Crippen molar-refractivity contribution in [3.8, 4) is 5.75 Å². The molecule has 0 aliphatic carbocycles. The summed E-state index contributed by atoms with van der Waals surface area (Å²) < 4.78 is 17.4. The van der Waals surface area contributed by atoms with E-state index in [1.807, 2.05) is 12.1 Å². The van der Waals surface area contributed by atoms with Gasteiger partial charge >= 0.3 is 0 Å². The van der Waals surface area contributed by atoms with Crippen molar-refractivity contribution < 1.29 is 14.2 Å². The van der Waals surface area contributed by atoms with Crippen LogP contribution in [-0.4, -0.2) is 31.3 Å². The van der Waals surface area contributed by atoms with Gasteiger partial charge in [-0.1, -0.05) is 26.0 Å². The third-order valence-corrected chi connectivity index (χ3v) is 5.33. The molecule has 0 amide bonds. The van der Waals surface area contributed by atoms with Crippen LogP contribution < -0.4 is 4.74 Å². The number of benzene rings is 1. The van der Waals surface area contributed by atoms with Crippen LogP contribution in [0.3, 0.4) is 0 Å². The smallest absolute Gasteiger partial charge is 0.118 e. The summed E-state index contributed by atoms with van der Waals surface area (Å²) in [6.07, 6.45) is 2.22. The molecule has 0 unspecified atom stereocenters. The molecule has 2 fully saturated rings. The first kappa shape index (κ1) is 16.1. The summed E-state index contributed by atoms with van der Waals surface area (Å²) in [6, 6.07) is 8.06. The number of fused-ring (bicyclic) bond motifs is 1. The molecule has 2 saturated heterocycles. The van der Waals surface area contributed by atoms with E-state index in [1.165, 1.54) is 0 Å². The van der Waals surface area contributed by atoms with Crippen LogP contribution in [0.4, 0.5) is 0 Å². The lowest BCUT2D eigenvalue weighted by atomic mass is 9.80. The molecular weight excluding hydrogens is 300 g/mol. The van der Waals surface area contributed by atoms with Crippen molar-refractivity contribution in [2.75, 3.05) is 20.3 Å². The number of rotatable bonds is 4. The van der Waals surface area contributed by atoms with Gasteiger partial charge in [-0.2, -0.15) is 0 Å². The number of alkyl halides is 1. The fourth-order valence-electron chi connectivity index (χ4n) is 3.65. The third-order valence-electron chi connectivity index (χ3n) is 4.79. The first-order valence-corrected chi connectivity index (χ1v) is 8.45. The third kappa shape index (κ3) is 3.12. The monoisotopic (exact) mass is 324 g/mol. The minimum atomic E-state index is -0.289. The number of ether oxygens (including phenoxy) is 3. The Morgan fingerprint density at radius 3 is 2.64 bits per heavy atom. The summed E-state index contributed by atoms with van der Waals surface area (Å²) in [6.45, 7) is 5.73. The van der Waals surface area contributed by atoms with E-state index >= 15 is 0 Å². The minimum Gasteiger partial charge on any atom is -0.497 e. The maximum absolute atomic E-state index is 6.92. The van der Waals surface area contributed by atoms with Crippen LogP contribution in [0, 0.1) is 11.8 Å². The van der Waals surface area contributed by atoms with E-state index in [-0.39, 0.29) is 23.0 Å². The van der Waals surface area contributed by atoms with E-state index in [4.69, 9.17) is 25.8 Å². The van der Waals surface area contributed by atoms with Crippen molar-refractivity contribution in [2.45, 2.75) is 43.8 Å². The highest BCUT2D eigenvalue weighted by molar-refractivity contribution is 6.24. The Hall–Kier alpha value is -0.770. The second-order valence-corrected chi connectivity index (χ2v) is 7.69. The molecular formula is C18H25ClO3. The highest BCUT2D eigenvalue weighted by Gasteiger charge is 2.52. The standard InChI is InChI=1S/C18H25ClO3/c1-12(2)8-15-9-18(19)11-22-17(16(18)10-21-15)13-4-6-14(20-3)7-5-13/h4-7,12,15-17H,8-11H2,1-3H3/t15-,16-,17+,18-/m1/s1. The van der Waals surface area contributed by atoms with Gasteiger partial charge in [0.25, 0.3) is 0 Å². The van der Waals surface area contributed by atoms with Gasteiger partial charge in [-0.25, -0.2) is 0 Å². The van der Waals surface area contributed by atoms with Gasteiger partial charge in [-0.15, -0.1) is 11.6 Å². The first-order valence-electron chi connectivity index (χ1n) is 8.08. The molecule has 4 atom stereocenters. The molecule has 1 aromatic carbocycles. The topological polar surface area (TPSA) is 27.7 Å². The van der Waals surface area contributed by atoms with Gasteiger partial charge in [0.15, 0.2) is 0 Å². The number of methoxy groups -OCH3 is 1. The van der Waals surface area contributed by atoms with E-state index in [9.17, 15) is 0 Å². The molecule has 0 aromatic heterocycles. The van der Waals surface area contributed by atoms with Crippen LogP contribution in [-0.2, 0) is 9.47 Å². The molecule has 0 spiro atoms. The van der Waals surface area contributed by atoms with Gasteiger partial charge in [0.05, 0.1) is 37.4 Å². The van der Waals surface area contributed by atoms with Gasteiger partial charge in [0, 0.05) is 5.92 Å². The minimum absolute atomic E-state index is 0.0170. The van der Waals surface area contributed by atoms with Crippen LogP contribution in [0.2, 0.25) is 0 Å². The van der Waals surface area contributed by atoms with Crippen molar-refractivity contribution in [2.24, 2.45) is 11.8 Å². The van der Waals surface area contributed by atoms with Crippen LogP contribution in [0.15, 0.2) is 24.3 Å². The van der Waals surface area contributed by atoms with Crippen LogP contribution >= 0.6 is 11.6 Å². The molecule has 2 aliphatic rings. The van der Waals surface area contributed by atoms with E-state index in [0.717, 1.165) is 24.2 Å². The number of hydrogen-bond donors (Lipinski definition) is 0. The lowest BCUT2D eigenvalue weighted by Gasteiger charge is -2.39. The number of halogens is 1. The summed E-state index contributed by atoms with van der Waals surface area (Å²) in [5.74, 6) is 1.70. The van der Waals surface area contributed by atoms with E-state index < -0.39 is 0 Å². The fraction of sp³-hybridized carbons (Fsp3) is 0.667. The van der Waals surface area contributed by atoms with Crippen LogP contribution in [0.1, 0.15) is 38.4 Å². The Bertz CT molecular complexity index is 502. The van der Waals surface area contributed by atoms with Crippen molar-refractivity contribution in [3.05, 3.63) is 29.8 Å². The van der Waals surface area contributed by atoms with Crippen LogP contribution in [0.5, 0.6) is 5.75 Å². The summed E-state index contributed by atoms with van der Waals surface area (Å²) in [4.78, 5) is -0.289. The van der Waals surface area contributed by atoms with Crippen molar-refractivity contribution >= 4 is 11.6 Å². The second-order valence-electron chi connectivity index (χ2n) is 6.93. The first-order chi connectivity index (χ1) is 10.5. The molecule has 0 saturated carbocycles. The highest BCUT2D eigenvalue weighted by Crippen LogP contribution is 2.50. The summed E-state index contributed by atoms with van der Waals surface area (Å²) >= 11 is 6.92. The quantitative estimate of drug-likeness (QED) is 0.777. The molecule has 2 heterocycles. The average molecular weight is 325 g/mol. The Balaban J connectivity index is 1.72. The predicted molar refractivity (Wildman–Crippen MR) is 87.6 cm³/mol. The van der Waals surface area contributed by atoms with Crippen molar-refractivity contribution in [3.63, 3.8) is 0 Å². The summed E-state index contributed by atoms with van der Waals surface area (Å²) in [7, 11) is 1.68. The lowest BCUT2D eigenvalue weighted by Crippen LogP contribution is -2.44. The Labute approximate surface area is 137 Å². The zero-order chi connectivity index (χ0) is 15.7. The zero-order valence-electron chi connectivity index (χ0n) is 13.5. The molecule has 4 heteroatoms. The van der Waals surface area contributed by atoms with Gasteiger partial charge < -0.3 is 14.2 Å². The normalized spacial score (nSPS) is 34.7. The van der Waals surface area contributed by atoms with E-state index in [1.54, 1.807) is 7.11 Å². The Kier molecular flexibility index (Phi) is 4.67. The predicted octanol–water partition coefficient (Wildman–Crippen LogP) is 4.20. The molecule has 122 valence electrons. The van der Waals surface area contributed by atoms with E-state index in [2.05, 4.69) is 26.0 Å². The lowest BCUT2D eigenvalue weighted by molar-refractivity contribution is -0.0444. The molecule has 22 heavy (non-hydrogen) atoms. The molecule has 0 bridgehead atoms. The molecule has 3 rings (SSSR count). The average Bonchev–Trinajstić information content (AvgIpc) is 2.83.